The van der Waals surface area contributed by atoms with Gasteiger partial charge >= 0.3 is 5.97 Å². The van der Waals surface area contributed by atoms with Crippen LogP contribution in [0.25, 0.3) is 0 Å². The van der Waals surface area contributed by atoms with Crippen molar-refractivity contribution in [2.75, 3.05) is 11.5 Å². The summed E-state index contributed by atoms with van der Waals surface area (Å²) in [6, 6.07) is 5.93. The summed E-state index contributed by atoms with van der Waals surface area (Å²) in [5.74, 6) is -1.21. The number of fused-ring (bicyclic) bond motifs is 3. The van der Waals surface area contributed by atoms with Gasteiger partial charge in [-0.3, -0.25) is 14.4 Å². The molecule has 25 heavy (non-hydrogen) atoms. The Morgan fingerprint density at radius 1 is 1.32 bits per heavy atom. The zero-order valence-electron chi connectivity index (χ0n) is 13.7. The second-order valence-electron chi connectivity index (χ2n) is 6.91. The van der Waals surface area contributed by atoms with Crippen molar-refractivity contribution >= 4 is 23.3 Å². The van der Waals surface area contributed by atoms with Gasteiger partial charge in [-0.1, -0.05) is 30.9 Å². The normalized spacial score (nSPS) is 32.8. The molecule has 2 fully saturated rings. The summed E-state index contributed by atoms with van der Waals surface area (Å²) in [6.07, 6.45) is 2.17. The van der Waals surface area contributed by atoms with E-state index in [4.69, 9.17) is 4.74 Å². The van der Waals surface area contributed by atoms with Crippen molar-refractivity contribution in [1.82, 2.24) is 0 Å². The van der Waals surface area contributed by atoms with Crippen LogP contribution in [0.2, 0.25) is 0 Å². The molecule has 1 saturated heterocycles. The van der Waals surface area contributed by atoms with Gasteiger partial charge in [0.2, 0.25) is 5.91 Å². The van der Waals surface area contributed by atoms with Gasteiger partial charge in [-0.05, 0) is 18.9 Å². The van der Waals surface area contributed by atoms with E-state index in [2.05, 4.69) is 6.58 Å². The second-order valence-corrected chi connectivity index (χ2v) is 6.91. The van der Waals surface area contributed by atoms with E-state index in [0.717, 1.165) is 0 Å². The summed E-state index contributed by atoms with van der Waals surface area (Å²) in [5, 5.41) is 11.2. The molecule has 130 valence electrons. The quantitative estimate of drug-likeness (QED) is 0.508. The molecule has 1 amide bonds. The van der Waals surface area contributed by atoms with Crippen molar-refractivity contribution in [3.05, 3.63) is 42.5 Å². The van der Waals surface area contributed by atoms with Crippen LogP contribution in [0.3, 0.4) is 0 Å². The summed E-state index contributed by atoms with van der Waals surface area (Å²) >= 11 is 0. The fourth-order valence-corrected chi connectivity index (χ4v) is 4.67. The van der Waals surface area contributed by atoms with Gasteiger partial charge in [0.05, 0.1) is 11.6 Å². The van der Waals surface area contributed by atoms with Crippen molar-refractivity contribution in [2.45, 2.75) is 42.7 Å². The summed E-state index contributed by atoms with van der Waals surface area (Å²) in [5.41, 5.74) is -1.98. The Hall–Kier alpha value is -2.47. The van der Waals surface area contributed by atoms with Crippen molar-refractivity contribution in [3.8, 4) is 0 Å². The predicted octanol–water partition coefficient (Wildman–Crippen LogP) is 1.26. The molecule has 0 bridgehead atoms. The van der Waals surface area contributed by atoms with Gasteiger partial charge in [0.15, 0.2) is 11.2 Å². The van der Waals surface area contributed by atoms with E-state index >= 15 is 0 Å². The minimum atomic E-state index is -1.66. The number of rotatable bonds is 3. The van der Waals surface area contributed by atoms with Crippen LogP contribution in [0.5, 0.6) is 0 Å². The van der Waals surface area contributed by atoms with Crippen molar-refractivity contribution in [1.29, 1.82) is 0 Å². The number of carbonyl (C=O) groups excluding carboxylic acids is 3. The van der Waals surface area contributed by atoms with Crippen LogP contribution in [0.15, 0.2) is 36.9 Å². The maximum absolute atomic E-state index is 13.1. The van der Waals surface area contributed by atoms with Crippen molar-refractivity contribution in [2.24, 2.45) is 0 Å². The first-order valence-corrected chi connectivity index (χ1v) is 8.42. The molecule has 4 rings (SSSR count). The lowest BCUT2D eigenvalue weighted by Gasteiger charge is -2.51. The number of hydrogen-bond donors (Lipinski definition) is 1. The highest BCUT2D eigenvalue weighted by molar-refractivity contribution is 6.18. The molecule has 0 aromatic heterocycles. The highest BCUT2D eigenvalue weighted by atomic mass is 16.5. The molecule has 0 radical (unpaired) electrons. The summed E-state index contributed by atoms with van der Waals surface area (Å²) in [6.45, 7) is 3.50. The van der Waals surface area contributed by atoms with E-state index < -0.39 is 23.0 Å². The lowest BCUT2D eigenvalue weighted by atomic mass is 9.59. The molecule has 1 aliphatic carbocycles. The van der Waals surface area contributed by atoms with Gasteiger partial charge < -0.3 is 14.7 Å². The molecule has 1 aromatic carbocycles. The molecule has 3 aliphatic rings. The minimum Gasteiger partial charge on any atom is -0.460 e. The number of hydrogen-bond acceptors (Lipinski definition) is 5. The third kappa shape index (κ3) is 1.86. The summed E-state index contributed by atoms with van der Waals surface area (Å²) in [7, 11) is 0. The first-order chi connectivity index (χ1) is 12.0. The Kier molecular flexibility index (Phi) is 3.37. The van der Waals surface area contributed by atoms with E-state index in [9.17, 15) is 19.5 Å². The number of piperidine rings is 1. The second kappa shape index (κ2) is 5.26. The largest absolute Gasteiger partial charge is 0.460 e. The van der Waals surface area contributed by atoms with Gasteiger partial charge in [0.1, 0.15) is 6.61 Å². The Labute approximate surface area is 145 Å². The zero-order valence-corrected chi connectivity index (χ0v) is 13.7. The predicted molar refractivity (Wildman–Crippen MR) is 89.0 cm³/mol. The molecular formula is C19H19NO5. The topological polar surface area (TPSA) is 83.9 Å². The van der Waals surface area contributed by atoms with Crippen LogP contribution in [0.1, 0.15) is 31.2 Å². The van der Waals surface area contributed by atoms with E-state index in [1.807, 2.05) is 0 Å². The van der Waals surface area contributed by atoms with Crippen LogP contribution in [0, 0.1) is 0 Å². The summed E-state index contributed by atoms with van der Waals surface area (Å²) in [4.78, 5) is 40.2. The molecule has 2 aliphatic heterocycles. The number of nitrogens with zero attached hydrogens (tertiary/aromatic N) is 1. The first kappa shape index (κ1) is 16.0. The standard InChI is InChI=1S/C19H19NO5/c1-2-11-25-17(23)19-12-5-3-4-6-13(12)20-15(22)8-10-18(24,16(19)20)9-7-14(19)21/h2-6,16,24H,1,7-11H2/t16-,18-,19-/m0/s1. The highest BCUT2D eigenvalue weighted by Crippen LogP contribution is 2.57. The number of carbonyl (C=O) groups is 3. The van der Waals surface area contributed by atoms with Crippen molar-refractivity contribution in [3.63, 3.8) is 0 Å². The Balaban J connectivity index is 1.99. The minimum absolute atomic E-state index is 0.0326. The van der Waals surface area contributed by atoms with Gasteiger partial charge in [0, 0.05) is 24.1 Å². The summed E-state index contributed by atoms with van der Waals surface area (Å²) < 4.78 is 5.28. The van der Waals surface area contributed by atoms with E-state index in [0.29, 0.717) is 11.3 Å². The SMILES string of the molecule is C=CCOC(=O)[C@]12C(=O)CC[C@]3(O)CCC(=O)N(c4ccccc41)[C@@H]32. The van der Waals surface area contributed by atoms with E-state index in [1.54, 1.807) is 24.3 Å². The monoisotopic (exact) mass is 341 g/mol. The number of aliphatic hydroxyl groups is 1. The lowest BCUT2D eigenvalue weighted by Crippen LogP contribution is -2.71. The Morgan fingerprint density at radius 3 is 2.80 bits per heavy atom. The van der Waals surface area contributed by atoms with E-state index in [1.165, 1.54) is 11.0 Å². The molecule has 1 saturated carbocycles. The number of anilines is 1. The van der Waals surface area contributed by atoms with Gasteiger partial charge in [-0.25, -0.2) is 0 Å². The maximum atomic E-state index is 13.1. The van der Waals surface area contributed by atoms with Crippen LogP contribution in [0.4, 0.5) is 5.69 Å². The fourth-order valence-electron chi connectivity index (χ4n) is 4.67. The Bertz CT molecular complexity index is 799. The maximum Gasteiger partial charge on any atom is 0.326 e. The molecule has 0 spiro atoms. The molecule has 6 heteroatoms. The molecule has 1 aromatic rings. The number of amides is 1. The van der Waals surface area contributed by atoms with Crippen LogP contribution < -0.4 is 4.90 Å². The molecule has 0 unspecified atom stereocenters. The molecular weight excluding hydrogens is 322 g/mol. The molecule has 1 N–H and O–H groups in total. The number of para-hydroxylation sites is 1. The van der Waals surface area contributed by atoms with Gasteiger partial charge in [-0.2, -0.15) is 0 Å². The third-order valence-corrected chi connectivity index (χ3v) is 5.69. The average Bonchev–Trinajstić information content (AvgIpc) is 2.95. The highest BCUT2D eigenvalue weighted by Gasteiger charge is 2.71. The zero-order chi connectivity index (χ0) is 17.8. The molecule has 6 nitrogen and oxygen atoms in total. The van der Waals surface area contributed by atoms with Gasteiger partial charge in [-0.15, -0.1) is 0 Å². The number of ether oxygens (including phenoxy) is 1. The van der Waals surface area contributed by atoms with Crippen LogP contribution in [-0.2, 0) is 24.5 Å². The fraction of sp³-hybridized carbons (Fsp3) is 0.421. The Morgan fingerprint density at radius 2 is 2.04 bits per heavy atom. The van der Waals surface area contributed by atoms with Crippen molar-refractivity contribution < 1.29 is 24.2 Å². The lowest BCUT2D eigenvalue weighted by molar-refractivity contribution is -0.165. The number of ketones is 1. The smallest absolute Gasteiger partial charge is 0.326 e. The molecule has 2 heterocycles. The van der Waals surface area contributed by atoms with E-state index in [-0.39, 0.29) is 44.0 Å². The number of Topliss-reactive ketones (excluding diaryl/α,β-unsaturated/α-hetero) is 1. The average molecular weight is 341 g/mol. The molecule has 3 atom stereocenters. The number of esters is 1. The van der Waals surface area contributed by atoms with Gasteiger partial charge in [0.25, 0.3) is 0 Å². The number of benzene rings is 1. The first-order valence-electron chi connectivity index (χ1n) is 8.42. The van der Waals surface area contributed by atoms with Crippen LogP contribution in [-0.4, -0.2) is 41.0 Å². The van der Waals surface area contributed by atoms with Crippen LogP contribution >= 0.6 is 0 Å². The third-order valence-electron chi connectivity index (χ3n) is 5.69.